The fraction of sp³-hybridized carbons (Fsp3) is 0.222. The van der Waals surface area contributed by atoms with Crippen molar-refractivity contribution in [3.8, 4) is 0 Å². The molecule has 118 valence electrons. The van der Waals surface area contributed by atoms with Crippen molar-refractivity contribution in [2.75, 3.05) is 5.32 Å². The number of anilines is 1. The number of benzene rings is 1. The molecule has 0 spiro atoms. The molecule has 3 nitrogen and oxygen atoms in total. The van der Waals surface area contributed by atoms with E-state index in [1.807, 2.05) is 52.0 Å². The number of nitrogens with zero attached hydrogens (tertiary/aromatic N) is 1. The van der Waals surface area contributed by atoms with Crippen molar-refractivity contribution in [2.24, 2.45) is 0 Å². The molecule has 0 aliphatic carbocycles. The van der Waals surface area contributed by atoms with E-state index in [2.05, 4.69) is 10.3 Å². The van der Waals surface area contributed by atoms with E-state index < -0.39 is 0 Å². The number of rotatable bonds is 2. The number of aryl methyl sites for hydroxylation is 1. The highest BCUT2D eigenvalue weighted by Crippen LogP contribution is 2.35. The molecular formula is C18H17ClN2OS. The number of nitrogens with one attached hydrogen (secondary N) is 1. The van der Waals surface area contributed by atoms with Gasteiger partial charge in [-0.2, -0.15) is 0 Å². The van der Waals surface area contributed by atoms with E-state index in [1.54, 1.807) is 0 Å². The van der Waals surface area contributed by atoms with Gasteiger partial charge in [0.05, 0.1) is 5.02 Å². The monoisotopic (exact) mass is 344 g/mol. The van der Waals surface area contributed by atoms with Gasteiger partial charge in [0.15, 0.2) is 0 Å². The molecule has 2 aromatic heterocycles. The molecule has 0 fully saturated rings. The summed E-state index contributed by atoms with van der Waals surface area (Å²) in [6.45, 7) is 8.00. The highest BCUT2D eigenvalue weighted by Gasteiger charge is 2.19. The van der Waals surface area contributed by atoms with Crippen LogP contribution in [-0.4, -0.2) is 10.9 Å². The quantitative estimate of drug-likeness (QED) is 0.673. The molecule has 3 rings (SSSR count). The summed E-state index contributed by atoms with van der Waals surface area (Å²) >= 11 is 7.77. The van der Waals surface area contributed by atoms with Crippen molar-refractivity contribution in [2.45, 2.75) is 27.7 Å². The van der Waals surface area contributed by atoms with Gasteiger partial charge in [-0.05, 0) is 50.5 Å². The van der Waals surface area contributed by atoms with Gasteiger partial charge in [0, 0.05) is 15.8 Å². The zero-order chi connectivity index (χ0) is 16.7. The van der Waals surface area contributed by atoms with Crippen molar-refractivity contribution in [3.63, 3.8) is 0 Å². The first-order valence-corrected chi connectivity index (χ1v) is 8.52. The van der Waals surface area contributed by atoms with Crippen molar-refractivity contribution in [3.05, 3.63) is 56.5 Å². The van der Waals surface area contributed by atoms with Gasteiger partial charge in [0.1, 0.15) is 10.7 Å². The predicted molar refractivity (Wildman–Crippen MR) is 98.0 cm³/mol. The van der Waals surface area contributed by atoms with Gasteiger partial charge in [0.25, 0.3) is 5.91 Å². The average molecular weight is 345 g/mol. The van der Waals surface area contributed by atoms with Gasteiger partial charge in [-0.3, -0.25) is 4.79 Å². The third-order valence-electron chi connectivity index (χ3n) is 4.28. The lowest BCUT2D eigenvalue weighted by Gasteiger charge is -2.13. The van der Waals surface area contributed by atoms with E-state index in [4.69, 9.17) is 11.6 Å². The Morgan fingerprint density at radius 2 is 1.78 bits per heavy atom. The molecule has 0 radical (unpaired) electrons. The fourth-order valence-corrected chi connectivity index (χ4v) is 3.92. The predicted octanol–water partition coefficient (Wildman–Crippen LogP) is 5.44. The number of carbonyl (C=O) groups is 1. The van der Waals surface area contributed by atoms with E-state index in [9.17, 15) is 4.79 Å². The zero-order valence-corrected chi connectivity index (χ0v) is 15.0. The second-order valence-electron chi connectivity index (χ2n) is 5.62. The molecule has 1 amide bonds. The first-order chi connectivity index (χ1) is 10.9. The first kappa shape index (κ1) is 16.0. The van der Waals surface area contributed by atoms with Crippen LogP contribution in [0, 0.1) is 27.7 Å². The third kappa shape index (κ3) is 2.73. The number of amides is 1. The smallest absolute Gasteiger partial charge is 0.268 e. The van der Waals surface area contributed by atoms with Crippen LogP contribution < -0.4 is 5.32 Å². The van der Waals surface area contributed by atoms with Crippen LogP contribution in [0.1, 0.15) is 32.1 Å². The van der Waals surface area contributed by atoms with E-state index in [0.29, 0.717) is 15.7 Å². The Labute approximate surface area is 144 Å². The summed E-state index contributed by atoms with van der Waals surface area (Å²) in [4.78, 5) is 17.7. The first-order valence-electron chi connectivity index (χ1n) is 7.33. The summed E-state index contributed by atoms with van der Waals surface area (Å²) in [6, 6.07) is 7.75. The van der Waals surface area contributed by atoms with Crippen LogP contribution in [0.2, 0.25) is 5.02 Å². The number of pyridine rings is 1. The molecule has 3 aromatic rings. The molecule has 0 atom stereocenters. The maximum Gasteiger partial charge on any atom is 0.268 e. The Morgan fingerprint density at radius 3 is 2.48 bits per heavy atom. The molecule has 2 heterocycles. The molecule has 1 aromatic carbocycles. The number of hydrogen-bond donors (Lipinski definition) is 1. The number of aromatic nitrogens is 1. The van der Waals surface area contributed by atoms with E-state index in [1.165, 1.54) is 11.3 Å². The van der Waals surface area contributed by atoms with Crippen LogP contribution in [0.15, 0.2) is 24.3 Å². The SMILES string of the molecule is Cc1nc(NC(=O)c2sc3ccccc3c2Cl)c(C)c(C)c1C. The third-order valence-corrected chi connectivity index (χ3v) is 5.95. The number of hydrogen-bond acceptors (Lipinski definition) is 3. The fourth-order valence-electron chi connectivity index (χ4n) is 2.51. The number of thiophene rings is 1. The summed E-state index contributed by atoms with van der Waals surface area (Å²) in [7, 11) is 0. The van der Waals surface area contributed by atoms with E-state index in [0.717, 1.165) is 32.5 Å². The molecule has 0 unspecified atom stereocenters. The number of fused-ring (bicyclic) bond motifs is 1. The molecule has 1 N–H and O–H groups in total. The maximum atomic E-state index is 12.6. The molecule has 5 heteroatoms. The lowest BCUT2D eigenvalue weighted by atomic mass is 10.0. The molecular weight excluding hydrogens is 328 g/mol. The van der Waals surface area contributed by atoms with Gasteiger partial charge in [-0.15, -0.1) is 11.3 Å². The second kappa shape index (κ2) is 5.95. The van der Waals surface area contributed by atoms with Crippen LogP contribution in [0.3, 0.4) is 0 Å². The summed E-state index contributed by atoms with van der Waals surface area (Å²) in [6.07, 6.45) is 0. The standard InChI is InChI=1S/C18H17ClN2OS/c1-9-10(2)12(4)20-17(11(9)3)21-18(22)16-15(19)13-7-5-6-8-14(13)23-16/h5-8H,1-4H3,(H,20,21,22). The van der Waals surface area contributed by atoms with Gasteiger partial charge in [0.2, 0.25) is 0 Å². The van der Waals surface area contributed by atoms with Gasteiger partial charge >= 0.3 is 0 Å². The average Bonchev–Trinajstić information content (AvgIpc) is 2.88. The van der Waals surface area contributed by atoms with Crippen LogP contribution in [-0.2, 0) is 0 Å². The van der Waals surface area contributed by atoms with Crippen LogP contribution in [0.25, 0.3) is 10.1 Å². The Balaban J connectivity index is 2.00. The molecule has 0 saturated carbocycles. The lowest BCUT2D eigenvalue weighted by molar-refractivity contribution is 0.103. The number of carbonyl (C=O) groups excluding carboxylic acids is 1. The minimum absolute atomic E-state index is 0.213. The van der Waals surface area contributed by atoms with Crippen molar-refractivity contribution >= 4 is 44.7 Å². The Kier molecular flexibility index (Phi) is 4.13. The Bertz CT molecular complexity index is 930. The zero-order valence-electron chi connectivity index (χ0n) is 13.5. The highest BCUT2D eigenvalue weighted by molar-refractivity contribution is 7.21. The molecule has 0 aliphatic rings. The topological polar surface area (TPSA) is 42.0 Å². The van der Waals surface area contributed by atoms with Crippen LogP contribution in [0.5, 0.6) is 0 Å². The maximum absolute atomic E-state index is 12.6. The molecule has 23 heavy (non-hydrogen) atoms. The minimum atomic E-state index is -0.213. The molecule has 0 aliphatic heterocycles. The van der Waals surface area contributed by atoms with Gasteiger partial charge in [-0.1, -0.05) is 29.8 Å². The lowest BCUT2D eigenvalue weighted by Crippen LogP contribution is -2.14. The molecule has 0 saturated heterocycles. The van der Waals surface area contributed by atoms with Crippen molar-refractivity contribution in [1.82, 2.24) is 4.98 Å². The summed E-state index contributed by atoms with van der Waals surface area (Å²) in [5, 5.41) is 4.32. The highest BCUT2D eigenvalue weighted by atomic mass is 35.5. The van der Waals surface area contributed by atoms with E-state index in [-0.39, 0.29) is 5.91 Å². The van der Waals surface area contributed by atoms with Crippen LogP contribution >= 0.6 is 22.9 Å². The minimum Gasteiger partial charge on any atom is -0.306 e. The normalized spacial score (nSPS) is 11.0. The van der Waals surface area contributed by atoms with E-state index >= 15 is 0 Å². The summed E-state index contributed by atoms with van der Waals surface area (Å²) in [5.74, 6) is 0.388. The van der Waals surface area contributed by atoms with Gasteiger partial charge in [-0.25, -0.2) is 4.98 Å². The second-order valence-corrected chi connectivity index (χ2v) is 7.05. The number of halogens is 1. The Hall–Kier alpha value is -1.91. The van der Waals surface area contributed by atoms with Gasteiger partial charge < -0.3 is 5.32 Å². The molecule has 0 bridgehead atoms. The van der Waals surface area contributed by atoms with Crippen molar-refractivity contribution in [1.29, 1.82) is 0 Å². The Morgan fingerprint density at radius 1 is 1.09 bits per heavy atom. The summed E-state index contributed by atoms with van der Waals surface area (Å²) in [5.41, 5.74) is 4.21. The largest absolute Gasteiger partial charge is 0.306 e. The van der Waals surface area contributed by atoms with Crippen LogP contribution in [0.4, 0.5) is 5.82 Å². The van der Waals surface area contributed by atoms with Crippen molar-refractivity contribution < 1.29 is 4.79 Å². The summed E-state index contributed by atoms with van der Waals surface area (Å²) < 4.78 is 1.00.